The molecule has 0 bridgehead atoms. The van der Waals surface area contributed by atoms with E-state index in [1.807, 2.05) is 0 Å². The molecule has 0 saturated heterocycles. The second-order valence-electron chi connectivity index (χ2n) is 4.64. The molecule has 94 valence electrons. The van der Waals surface area contributed by atoms with Gasteiger partial charge in [-0.05, 0) is 42.2 Å². The van der Waals surface area contributed by atoms with Crippen molar-refractivity contribution in [1.29, 1.82) is 0 Å². The van der Waals surface area contributed by atoms with Crippen LogP contribution in [-0.4, -0.2) is 0 Å². The zero-order valence-electron chi connectivity index (χ0n) is 10.6. The van der Waals surface area contributed by atoms with Gasteiger partial charge in [-0.2, -0.15) is 0 Å². The normalized spacial score (nSPS) is 14.2. The Morgan fingerprint density at radius 3 is 1.83 bits per heavy atom. The number of hydrogen-bond donors (Lipinski definition) is 0. The molecular formula is C16H16BrF. The molecule has 0 aliphatic carbocycles. The van der Waals surface area contributed by atoms with Crippen LogP contribution < -0.4 is 0 Å². The maximum atomic E-state index is 12.9. The molecule has 0 fully saturated rings. The summed E-state index contributed by atoms with van der Waals surface area (Å²) in [5.74, 6) is -0.200. The van der Waals surface area contributed by atoms with E-state index in [1.54, 1.807) is 12.1 Å². The van der Waals surface area contributed by atoms with Gasteiger partial charge in [-0.3, -0.25) is 0 Å². The number of benzene rings is 2. The molecule has 0 radical (unpaired) electrons. The minimum atomic E-state index is -0.200. The van der Waals surface area contributed by atoms with E-state index in [-0.39, 0.29) is 10.1 Å². The summed E-state index contributed by atoms with van der Waals surface area (Å²) < 4.78 is 12.9. The van der Waals surface area contributed by atoms with Crippen molar-refractivity contribution in [2.24, 2.45) is 0 Å². The first kappa shape index (κ1) is 13.3. The van der Waals surface area contributed by atoms with E-state index in [9.17, 15) is 4.39 Å². The van der Waals surface area contributed by atoms with Crippen molar-refractivity contribution in [3.8, 4) is 11.1 Å². The quantitative estimate of drug-likeness (QED) is 0.656. The fourth-order valence-electron chi connectivity index (χ4n) is 1.86. The fourth-order valence-corrected chi connectivity index (χ4v) is 2.12. The first-order valence-electron chi connectivity index (χ1n) is 6.08. The molecule has 2 aromatic carbocycles. The highest BCUT2D eigenvalue weighted by molar-refractivity contribution is 9.09. The predicted molar refractivity (Wildman–Crippen MR) is 78.4 cm³/mol. The SMILES string of the molecule is CCC(C)(Br)c1ccc(-c2ccc(F)cc2)cc1. The standard InChI is InChI=1S/C16H16BrF/c1-3-16(2,17)14-8-4-12(5-9-14)13-6-10-15(18)11-7-13/h4-11H,3H2,1-2H3. The molecule has 1 atom stereocenters. The lowest BCUT2D eigenvalue weighted by Crippen LogP contribution is -2.10. The van der Waals surface area contributed by atoms with Crippen LogP contribution in [0.4, 0.5) is 4.39 Å². The number of rotatable bonds is 3. The van der Waals surface area contributed by atoms with Crippen LogP contribution in [0.5, 0.6) is 0 Å². The number of alkyl halides is 1. The number of halogens is 2. The monoisotopic (exact) mass is 306 g/mol. The van der Waals surface area contributed by atoms with Crippen molar-refractivity contribution in [2.45, 2.75) is 24.6 Å². The lowest BCUT2D eigenvalue weighted by atomic mass is 9.95. The average Bonchev–Trinajstić information content (AvgIpc) is 2.40. The van der Waals surface area contributed by atoms with Crippen molar-refractivity contribution < 1.29 is 4.39 Å². The molecule has 0 heterocycles. The summed E-state index contributed by atoms with van der Waals surface area (Å²) >= 11 is 3.73. The largest absolute Gasteiger partial charge is 0.207 e. The van der Waals surface area contributed by atoms with E-state index >= 15 is 0 Å². The maximum Gasteiger partial charge on any atom is 0.123 e. The third-order valence-electron chi connectivity index (χ3n) is 3.33. The predicted octanol–water partition coefficient (Wildman–Crippen LogP) is 5.51. The second-order valence-corrected chi connectivity index (χ2v) is 6.39. The van der Waals surface area contributed by atoms with E-state index < -0.39 is 0 Å². The van der Waals surface area contributed by atoms with E-state index in [4.69, 9.17) is 0 Å². The molecule has 0 N–H and O–H groups in total. The Morgan fingerprint density at radius 2 is 1.39 bits per heavy atom. The molecule has 0 aliphatic rings. The van der Waals surface area contributed by atoms with Crippen molar-refractivity contribution in [3.63, 3.8) is 0 Å². The Labute approximate surface area is 116 Å². The van der Waals surface area contributed by atoms with Gasteiger partial charge in [0.2, 0.25) is 0 Å². The molecule has 2 rings (SSSR count). The zero-order chi connectivity index (χ0) is 13.2. The van der Waals surface area contributed by atoms with Gasteiger partial charge in [-0.15, -0.1) is 0 Å². The van der Waals surface area contributed by atoms with E-state index in [1.165, 1.54) is 17.7 Å². The summed E-state index contributed by atoms with van der Waals surface area (Å²) in [5.41, 5.74) is 3.41. The summed E-state index contributed by atoms with van der Waals surface area (Å²) in [6, 6.07) is 15.0. The minimum Gasteiger partial charge on any atom is -0.207 e. The van der Waals surface area contributed by atoms with Gasteiger partial charge in [-0.1, -0.05) is 59.3 Å². The average molecular weight is 307 g/mol. The molecule has 0 nitrogen and oxygen atoms in total. The van der Waals surface area contributed by atoms with Crippen molar-refractivity contribution in [3.05, 3.63) is 59.9 Å². The lowest BCUT2D eigenvalue weighted by molar-refractivity contribution is 0.628. The minimum absolute atomic E-state index is 0.0221. The molecule has 2 heteroatoms. The Hall–Kier alpha value is -1.15. The molecule has 18 heavy (non-hydrogen) atoms. The molecular weight excluding hydrogens is 291 g/mol. The first-order valence-corrected chi connectivity index (χ1v) is 6.87. The summed E-state index contributed by atoms with van der Waals surface area (Å²) in [7, 11) is 0. The smallest absolute Gasteiger partial charge is 0.123 e. The van der Waals surface area contributed by atoms with Gasteiger partial charge in [0.25, 0.3) is 0 Å². The summed E-state index contributed by atoms with van der Waals surface area (Å²) in [6.45, 7) is 4.32. The van der Waals surface area contributed by atoms with Crippen LogP contribution in [-0.2, 0) is 4.32 Å². The van der Waals surface area contributed by atoms with Crippen LogP contribution in [0.15, 0.2) is 48.5 Å². The van der Waals surface area contributed by atoms with Gasteiger partial charge in [0, 0.05) is 4.32 Å². The Morgan fingerprint density at radius 1 is 0.944 bits per heavy atom. The molecule has 0 aromatic heterocycles. The highest BCUT2D eigenvalue weighted by atomic mass is 79.9. The molecule has 2 aromatic rings. The topological polar surface area (TPSA) is 0 Å². The van der Waals surface area contributed by atoms with Gasteiger partial charge in [0.1, 0.15) is 5.82 Å². The maximum absolute atomic E-state index is 12.9. The van der Waals surface area contributed by atoms with Crippen LogP contribution in [0.2, 0.25) is 0 Å². The van der Waals surface area contributed by atoms with Crippen LogP contribution in [0.3, 0.4) is 0 Å². The van der Waals surface area contributed by atoms with Gasteiger partial charge >= 0.3 is 0 Å². The van der Waals surface area contributed by atoms with Gasteiger partial charge in [-0.25, -0.2) is 4.39 Å². The third kappa shape index (κ3) is 2.81. The van der Waals surface area contributed by atoms with Gasteiger partial charge in [0.15, 0.2) is 0 Å². The highest BCUT2D eigenvalue weighted by Gasteiger charge is 2.19. The zero-order valence-corrected chi connectivity index (χ0v) is 12.2. The van der Waals surface area contributed by atoms with Gasteiger partial charge in [0.05, 0.1) is 0 Å². The molecule has 0 saturated carbocycles. The highest BCUT2D eigenvalue weighted by Crippen LogP contribution is 2.35. The Balaban J connectivity index is 2.30. The Kier molecular flexibility index (Phi) is 3.86. The van der Waals surface area contributed by atoms with Crippen molar-refractivity contribution >= 4 is 15.9 Å². The van der Waals surface area contributed by atoms with Crippen LogP contribution >= 0.6 is 15.9 Å². The first-order chi connectivity index (χ1) is 8.53. The second kappa shape index (κ2) is 5.23. The van der Waals surface area contributed by atoms with Crippen LogP contribution in [0.1, 0.15) is 25.8 Å². The fraction of sp³-hybridized carbons (Fsp3) is 0.250. The summed E-state index contributed by atoms with van der Waals surface area (Å²) in [4.78, 5) is 0. The summed E-state index contributed by atoms with van der Waals surface area (Å²) in [5, 5.41) is 0. The Bertz CT molecular complexity index is 512. The van der Waals surface area contributed by atoms with Gasteiger partial charge < -0.3 is 0 Å². The lowest BCUT2D eigenvalue weighted by Gasteiger charge is -2.21. The third-order valence-corrected chi connectivity index (χ3v) is 4.35. The van der Waals surface area contributed by atoms with Crippen LogP contribution in [0.25, 0.3) is 11.1 Å². The molecule has 0 aliphatic heterocycles. The number of hydrogen-bond acceptors (Lipinski definition) is 0. The van der Waals surface area contributed by atoms with Crippen molar-refractivity contribution in [2.75, 3.05) is 0 Å². The van der Waals surface area contributed by atoms with Crippen molar-refractivity contribution in [1.82, 2.24) is 0 Å². The summed E-state index contributed by atoms with van der Waals surface area (Å²) in [6.07, 6.45) is 1.03. The van der Waals surface area contributed by atoms with E-state index in [0.717, 1.165) is 17.5 Å². The van der Waals surface area contributed by atoms with E-state index in [0.29, 0.717) is 0 Å². The van der Waals surface area contributed by atoms with E-state index in [2.05, 4.69) is 54.0 Å². The molecule has 0 spiro atoms. The molecule has 1 unspecified atom stereocenters. The van der Waals surface area contributed by atoms with Crippen LogP contribution in [0, 0.1) is 5.82 Å². The molecule has 0 amide bonds.